The van der Waals surface area contributed by atoms with Crippen LogP contribution in [0.3, 0.4) is 0 Å². The van der Waals surface area contributed by atoms with Crippen molar-refractivity contribution in [2.75, 3.05) is 24.6 Å². The van der Waals surface area contributed by atoms with Gasteiger partial charge in [-0.2, -0.15) is 0 Å². The van der Waals surface area contributed by atoms with Gasteiger partial charge in [0.2, 0.25) is 0 Å². The van der Waals surface area contributed by atoms with Crippen molar-refractivity contribution in [3.05, 3.63) is 41.7 Å². The Morgan fingerprint density at radius 3 is 2.72 bits per heavy atom. The number of aryl methyl sites for hydroxylation is 1. The van der Waals surface area contributed by atoms with Crippen molar-refractivity contribution in [1.29, 1.82) is 0 Å². The van der Waals surface area contributed by atoms with Crippen LogP contribution in [0.25, 0.3) is 0 Å². The molecule has 0 unspecified atom stereocenters. The van der Waals surface area contributed by atoms with E-state index in [1.54, 1.807) is 19.1 Å². The zero-order valence-electron chi connectivity index (χ0n) is 11.0. The first-order valence-corrected chi connectivity index (χ1v) is 6.03. The molecule has 0 saturated carbocycles. The van der Waals surface area contributed by atoms with Crippen LogP contribution in [-0.2, 0) is 0 Å². The first-order valence-electron chi connectivity index (χ1n) is 6.03. The smallest absolute Gasteiger partial charge is 0.126 e. The summed E-state index contributed by atoms with van der Waals surface area (Å²) in [5.41, 5.74) is 8.06. The lowest BCUT2D eigenvalue weighted by atomic mass is 10.0. The second-order valence-electron chi connectivity index (χ2n) is 4.41. The van der Waals surface area contributed by atoms with Crippen molar-refractivity contribution < 1.29 is 9.50 Å². The average molecular weight is 252 g/mol. The number of hydrogen-bond acceptors (Lipinski definition) is 3. The minimum Gasteiger partial charge on any atom is -0.395 e. The van der Waals surface area contributed by atoms with Crippen molar-refractivity contribution >= 4 is 5.69 Å². The molecule has 1 aromatic carbocycles. The molecule has 0 saturated heterocycles. The normalized spacial score (nSPS) is 12.3. The van der Waals surface area contributed by atoms with Crippen LogP contribution in [-0.4, -0.2) is 24.8 Å². The number of anilines is 1. The van der Waals surface area contributed by atoms with Gasteiger partial charge >= 0.3 is 0 Å². The number of nitrogens with zero attached hydrogens (tertiary/aromatic N) is 1. The van der Waals surface area contributed by atoms with Crippen LogP contribution in [0.15, 0.2) is 24.8 Å². The Kier molecular flexibility index (Phi) is 5.31. The molecule has 3 N–H and O–H groups in total. The molecule has 0 heterocycles. The van der Waals surface area contributed by atoms with E-state index in [4.69, 9.17) is 10.8 Å². The third-order valence-electron chi connectivity index (χ3n) is 2.86. The third-order valence-corrected chi connectivity index (χ3v) is 2.86. The molecule has 0 aliphatic carbocycles. The van der Waals surface area contributed by atoms with E-state index in [0.717, 1.165) is 11.3 Å². The molecule has 1 atom stereocenters. The maximum absolute atomic E-state index is 13.6. The first kappa shape index (κ1) is 14.7. The van der Waals surface area contributed by atoms with Gasteiger partial charge in [-0.3, -0.25) is 0 Å². The number of aliphatic hydroxyl groups excluding tert-OH is 1. The van der Waals surface area contributed by atoms with Gasteiger partial charge in [0, 0.05) is 24.8 Å². The molecule has 1 rings (SSSR count). The summed E-state index contributed by atoms with van der Waals surface area (Å²) >= 11 is 0. The van der Waals surface area contributed by atoms with E-state index < -0.39 is 0 Å². The molecule has 0 spiro atoms. The van der Waals surface area contributed by atoms with Gasteiger partial charge in [-0.15, -0.1) is 6.58 Å². The standard InChI is InChI=1S/C14H21FN2O/c1-4-5-17(6-7-18)14-8-10(2)13(15)9-12(14)11(3)16/h4,8-9,11,18H,1,5-7,16H2,2-3H3/t11-/m0/s1. The zero-order valence-corrected chi connectivity index (χ0v) is 11.0. The summed E-state index contributed by atoms with van der Waals surface area (Å²) in [6, 6.07) is 2.98. The fourth-order valence-corrected chi connectivity index (χ4v) is 1.91. The third kappa shape index (κ3) is 3.31. The largest absolute Gasteiger partial charge is 0.395 e. The van der Waals surface area contributed by atoms with Crippen molar-refractivity contribution in [1.82, 2.24) is 0 Å². The van der Waals surface area contributed by atoms with Gasteiger partial charge < -0.3 is 15.7 Å². The highest BCUT2D eigenvalue weighted by molar-refractivity contribution is 5.57. The maximum Gasteiger partial charge on any atom is 0.126 e. The van der Waals surface area contributed by atoms with Gasteiger partial charge in [-0.1, -0.05) is 6.08 Å². The highest BCUT2D eigenvalue weighted by Crippen LogP contribution is 2.28. The van der Waals surface area contributed by atoms with Crippen LogP contribution in [0, 0.1) is 12.7 Å². The minimum atomic E-state index is -0.263. The molecule has 0 aromatic heterocycles. The van der Waals surface area contributed by atoms with Crippen molar-refractivity contribution in [3.8, 4) is 0 Å². The summed E-state index contributed by atoms with van der Waals surface area (Å²) in [5.74, 6) is -0.256. The lowest BCUT2D eigenvalue weighted by Gasteiger charge is -2.27. The Labute approximate surface area is 108 Å². The average Bonchev–Trinajstić information content (AvgIpc) is 2.31. The first-order chi connectivity index (χ1) is 8.51. The molecule has 3 nitrogen and oxygen atoms in total. The molecule has 0 fully saturated rings. The minimum absolute atomic E-state index is 0.0304. The molecule has 0 bridgehead atoms. The van der Waals surface area contributed by atoms with E-state index in [9.17, 15) is 4.39 Å². The number of halogens is 1. The maximum atomic E-state index is 13.6. The Morgan fingerprint density at radius 2 is 2.22 bits per heavy atom. The number of aliphatic hydroxyl groups is 1. The van der Waals surface area contributed by atoms with Crippen LogP contribution in [0.1, 0.15) is 24.1 Å². The molecular weight excluding hydrogens is 231 g/mol. The molecule has 0 radical (unpaired) electrons. The monoisotopic (exact) mass is 252 g/mol. The van der Waals surface area contributed by atoms with E-state index in [2.05, 4.69) is 6.58 Å². The fourth-order valence-electron chi connectivity index (χ4n) is 1.91. The van der Waals surface area contributed by atoms with Gasteiger partial charge in [-0.25, -0.2) is 4.39 Å². The predicted octanol–water partition coefficient (Wildman–Crippen LogP) is 2.14. The molecular formula is C14H21FN2O. The van der Waals surface area contributed by atoms with E-state index in [0.29, 0.717) is 18.7 Å². The number of nitrogens with two attached hydrogens (primary N) is 1. The lowest BCUT2D eigenvalue weighted by molar-refractivity contribution is 0.303. The van der Waals surface area contributed by atoms with Gasteiger partial charge in [0.15, 0.2) is 0 Å². The molecule has 0 aliphatic rings. The summed E-state index contributed by atoms with van der Waals surface area (Å²) in [7, 11) is 0. The van der Waals surface area contributed by atoms with Crippen molar-refractivity contribution in [3.63, 3.8) is 0 Å². The molecule has 1 aromatic rings. The molecule has 0 amide bonds. The number of hydrogen-bond donors (Lipinski definition) is 2. The van der Waals surface area contributed by atoms with Crippen LogP contribution in [0.4, 0.5) is 10.1 Å². The number of rotatable bonds is 6. The second-order valence-corrected chi connectivity index (χ2v) is 4.41. The topological polar surface area (TPSA) is 49.5 Å². The second kappa shape index (κ2) is 6.52. The Bertz CT molecular complexity index is 419. The van der Waals surface area contributed by atoms with Crippen LogP contribution >= 0.6 is 0 Å². The van der Waals surface area contributed by atoms with Gasteiger partial charge in [0.1, 0.15) is 5.82 Å². The van der Waals surface area contributed by atoms with Crippen molar-refractivity contribution in [2.24, 2.45) is 5.73 Å². The fraction of sp³-hybridized carbons (Fsp3) is 0.429. The van der Waals surface area contributed by atoms with Crippen LogP contribution in [0.5, 0.6) is 0 Å². The lowest BCUT2D eigenvalue weighted by Crippen LogP contribution is -2.29. The van der Waals surface area contributed by atoms with E-state index in [1.165, 1.54) is 6.07 Å². The Morgan fingerprint density at radius 1 is 1.56 bits per heavy atom. The van der Waals surface area contributed by atoms with Gasteiger partial charge in [0.25, 0.3) is 0 Å². The van der Waals surface area contributed by atoms with Crippen molar-refractivity contribution in [2.45, 2.75) is 19.9 Å². The zero-order chi connectivity index (χ0) is 13.7. The Hall–Kier alpha value is -1.39. The number of benzene rings is 1. The molecule has 100 valence electrons. The molecule has 0 aliphatic heterocycles. The van der Waals surface area contributed by atoms with Crippen LogP contribution < -0.4 is 10.6 Å². The van der Waals surface area contributed by atoms with Crippen LogP contribution in [0.2, 0.25) is 0 Å². The SMILES string of the molecule is C=CCN(CCO)c1cc(C)c(F)cc1[C@H](C)N. The van der Waals surface area contributed by atoms with Gasteiger partial charge in [0.05, 0.1) is 6.61 Å². The van der Waals surface area contributed by atoms with E-state index in [-0.39, 0.29) is 18.5 Å². The quantitative estimate of drug-likeness (QED) is 0.763. The van der Waals surface area contributed by atoms with E-state index in [1.807, 2.05) is 11.8 Å². The van der Waals surface area contributed by atoms with Gasteiger partial charge in [-0.05, 0) is 37.1 Å². The van der Waals surface area contributed by atoms with E-state index >= 15 is 0 Å². The molecule has 4 heteroatoms. The predicted molar refractivity (Wildman–Crippen MR) is 73.2 cm³/mol. The summed E-state index contributed by atoms with van der Waals surface area (Å²) in [6.07, 6.45) is 1.75. The highest BCUT2D eigenvalue weighted by atomic mass is 19.1. The summed E-state index contributed by atoms with van der Waals surface area (Å²) in [4.78, 5) is 1.94. The highest BCUT2D eigenvalue weighted by Gasteiger charge is 2.15. The summed E-state index contributed by atoms with van der Waals surface area (Å²) < 4.78 is 13.6. The molecule has 18 heavy (non-hydrogen) atoms. The Balaban J connectivity index is 3.25. The summed E-state index contributed by atoms with van der Waals surface area (Å²) in [5, 5.41) is 9.10. The summed E-state index contributed by atoms with van der Waals surface area (Å²) in [6.45, 7) is 8.32.